The zero-order valence-electron chi connectivity index (χ0n) is 16.6. The summed E-state index contributed by atoms with van der Waals surface area (Å²) >= 11 is 0. The number of carbonyl (C=O) groups is 1. The highest BCUT2D eigenvalue weighted by atomic mass is 19.4. The minimum atomic E-state index is -4.47. The second kappa shape index (κ2) is 8.90. The van der Waals surface area contributed by atoms with Crippen molar-refractivity contribution in [2.45, 2.75) is 12.7 Å². The van der Waals surface area contributed by atoms with E-state index < -0.39 is 29.8 Å². The van der Waals surface area contributed by atoms with Gasteiger partial charge >= 0.3 is 6.18 Å². The molecule has 0 bridgehead atoms. The third-order valence-electron chi connectivity index (χ3n) is 4.34. The molecule has 1 amide bonds. The number of halogens is 3. The van der Waals surface area contributed by atoms with Crippen LogP contribution in [-0.4, -0.2) is 29.9 Å². The summed E-state index contributed by atoms with van der Waals surface area (Å²) in [7, 11) is 2.99. The van der Waals surface area contributed by atoms with E-state index in [-0.39, 0.29) is 5.69 Å². The molecule has 7 nitrogen and oxygen atoms in total. The SMILES string of the molecule is COc1ccc(OC)c(-c2ccc(=O)n(CC(=O)Nc3ccc(C(F)(F)F)cc3)n2)c1. The lowest BCUT2D eigenvalue weighted by Crippen LogP contribution is -2.29. The Kier molecular flexibility index (Phi) is 6.28. The van der Waals surface area contributed by atoms with Crippen LogP contribution in [0.1, 0.15) is 5.56 Å². The molecule has 1 aromatic heterocycles. The van der Waals surface area contributed by atoms with Crippen molar-refractivity contribution in [1.82, 2.24) is 9.78 Å². The highest BCUT2D eigenvalue weighted by Gasteiger charge is 2.30. The van der Waals surface area contributed by atoms with Gasteiger partial charge in [-0.05, 0) is 48.5 Å². The molecule has 2 aromatic carbocycles. The van der Waals surface area contributed by atoms with Gasteiger partial charge in [0, 0.05) is 17.3 Å². The largest absolute Gasteiger partial charge is 0.497 e. The molecule has 0 aliphatic carbocycles. The number of nitrogens with zero attached hydrogens (tertiary/aromatic N) is 2. The van der Waals surface area contributed by atoms with E-state index in [9.17, 15) is 22.8 Å². The fourth-order valence-electron chi connectivity index (χ4n) is 2.80. The first-order valence-corrected chi connectivity index (χ1v) is 8.99. The average molecular weight is 433 g/mol. The number of methoxy groups -OCH3 is 2. The number of hydrogen-bond acceptors (Lipinski definition) is 5. The summed E-state index contributed by atoms with van der Waals surface area (Å²) in [5.74, 6) is 0.423. The summed E-state index contributed by atoms with van der Waals surface area (Å²) in [6.45, 7) is -0.431. The summed E-state index contributed by atoms with van der Waals surface area (Å²) in [6.07, 6.45) is -4.47. The zero-order chi connectivity index (χ0) is 22.6. The van der Waals surface area contributed by atoms with Crippen molar-refractivity contribution in [3.63, 3.8) is 0 Å². The van der Waals surface area contributed by atoms with Gasteiger partial charge in [-0.2, -0.15) is 18.3 Å². The summed E-state index contributed by atoms with van der Waals surface area (Å²) < 4.78 is 49.4. The van der Waals surface area contributed by atoms with E-state index in [1.54, 1.807) is 18.2 Å². The smallest absolute Gasteiger partial charge is 0.416 e. The molecule has 0 radical (unpaired) electrons. The number of hydrogen-bond donors (Lipinski definition) is 1. The van der Waals surface area contributed by atoms with E-state index in [2.05, 4.69) is 10.4 Å². The second-order valence-electron chi connectivity index (χ2n) is 6.40. The van der Waals surface area contributed by atoms with Gasteiger partial charge in [0.25, 0.3) is 5.56 Å². The van der Waals surface area contributed by atoms with Crippen LogP contribution in [0.4, 0.5) is 18.9 Å². The van der Waals surface area contributed by atoms with Crippen LogP contribution in [0.15, 0.2) is 59.4 Å². The van der Waals surface area contributed by atoms with Gasteiger partial charge in [0.2, 0.25) is 5.91 Å². The Morgan fingerprint density at radius 1 is 1.03 bits per heavy atom. The van der Waals surface area contributed by atoms with Gasteiger partial charge in [0.1, 0.15) is 18.0 Å². The highest BCUT2D eigenvalue weighted by Crippen LogP contribution is 2.32. The Hall–Kier alpha value is -3.82. The fourth-order valence-corrected chi connectivity index (χ4v) is 2.80. The van der Waals surface area contributed by atoms with E-state index in [4.69, 9.17) is 9.47 Å². The Bertz CT molecular complexity index is 1140. The minimum Gasteiger partial charge on any atom is -0.497 e. The molecule has 0 fully saturated rings. The summed E-state index contributed by atoms with van der Waals surface area (Å²) in [4.78, 5) is 24.5. The molecule has 3 rings (SSSR count). The van der Waals surface area contributed by atoms with Crippen molar-refractivity contribution in [1.29, 1.82) is 0 Å². The van der Waals surface area contributed by atoms with Gasteiger partial charge in [-0.3, -0.25) is 9.59 Å². The molecular formula is C21H18F3N3O4. The van der Waals surface area contributed by atoms with E-state index in [0.29, 0.717) is 22.8 Å². The molecule has 1 heterocycles. The predicted octanol–water partition coefficient (Wildman–Crippen LogP) is 3.59. The van der Waals surface area contributed by atoms with Crippen molar-refractivity contribution in [2.75, 3.05) is 19.5 Å². The van der Waals surface area contributed by atoms with Crippen molar-refractivity contribution in [3.05, 3.63) is 70.5 Å². The zero-order valence-corrected chi connectivity index (χ0v) is 16.6. The quantitative estimate of drug-likeness (QED) is 0.643. The monoisotopic (exact) mass is 433 g/mol. The Labute approximate surface area is 175 Å². The van der Waals surface area contributed by atoms with Crippen LogP contribution < -0.4 is 20.3 Å². The van der Waals surface area contributed by atoms with Crippen LogP contribution in [0.25, 0.3) is 11.3 Å². The van der Waals surface area contributed by atoms with Crippen LogP contribution in [-0.2, 0) is 17.5 Å². The number of rotatable bonds is 6. The van der Waals surface area contributed by atoms with Gasteiger partial charge < -0.3 is 14.8 Å². The lowest BCUT2D eigenvalue weighted by Gasteiger charge is -2.12. The normalized spacial score (nSPS) is 11.1. The number of nitrogens with one attached hydrogen (secondary N) is 1. The van der Waals surface area contributed by atoms with Gasteiger partial charge in [0.15, 0.2) is 0 Å². The Morgan fingerprint density at radius 2 is 1.74 bits per heavy atom. The molecule has 0 aliphatic heterocycles. The van der Waals surface area contributed by atoms with Crippen LogP contribution in [0, 0.1) is 0 Å². The van der Waals surface area contributed by atoms with Crippen LogP contribution in [0.2, 0.25) is 0 Å². The molecule has 10 heteroatoms. The average Bonchev–Trinajstić information content (AvgIpc) is 2.74. The van der Waals surface area contributed by atoms with Crippen molar-refractivity contribution in [3.8, 4) is 22.8 Å². The van der Waals surface area contributed by atoms with Gasteiger partial charge in [-0.15, -0.1) is 0 Å². The molecule has 0 atom stereocenters. The van der Waals surface area contributed by atoms with Crippen LogP contribution >= 0.6 is 0 Å². The van der Waals surface area contributed by atoms with Crippen LogP contribution in [0.5, 0.6) is 11.5 Å². The maximum atomic E-state index is 12.6. The first-order valence-electron chi connectivity index (χ1n) is 8.99. The Balaban J connectivity index is 1.81. The molecule has 3 aromatic rings. The molecule has 0 unspecified atom stereocenters. The summed E-state index contributed by atoms with van der Waals surface area (Å²) in [5, 5.41) is 6.66. The number of amides is 1. The maximum absolute atomic E-state index is 12.6. The molecule has 0 saturated carbocycles. The molecule has 0 aliphatic rings. The lowest BCUT2D eigenvalue weighted by atomic mass is 10.1. The number of benzene rings is 2. The first kappa shape index (κ1) is 21.9. The van der Waals surface area contributed by atoms with Gasteiger partial charge in [-0.25, -0.2) is 4.68 Å². The van der Waals surface area contributed by atoms with Gasteiger partial charge in [-0.1, -0.05) is 0 Å². The van der Waals surface area contributed by atoms with Crippen molar-refractivity contribution < 1.29 is 27.4 Å². The number of alkyl halides is 3. The topological polar surface area (TPSA) is 82.5 Å². The van der Waals surface area contributed by atoms with E-state index in [0.717, 1.165) is 28.9 Å². The number of anilines is 1. The lowest BCUT2D eigenvalue weighted by molar-refractivity contribution is -0.137. The van der Waals surface area contributed by atoms with E-state index in [1.165, 1.54) is 26.4 Å². The Morgan fingerprint density at radius 3 is 2.35 bits per heavy atom. The highest BCUT2D eigenvalue weighted by molar-refractivity contribution is 5.90. The third kappa shape index (κ3) is 5.21. The van der Waals surface area contributed by atoms with Crippen molar-refractivity contribution in [2.24, 2.45) is 0 Å². The standard InChI is InChI=1S/C21H18F3N3O4/c1-30-15-7-9-18(31-2)16(11-15)17-8-10-20(29)27(26-17)12-19(28)25-14-5-3-13(4-6-14)21(22,23)24/h3-11H,12H2,1-2H3,(H,25,28). The van der Waals surface area contributed by atoms with Crippen molar-refractivity contribution >= 4 is 11.6 Å². The minimum absolute atomic E-state index is 0.164. The first-order chi connectivity index (χ1) is 14.7. The summed E-state index contributed by atoms with van der Waals surface area (Å²) in [5.41, 5.74) is -0.260. The van der Waals surface area contributed by atoms with E-state index in [1.807, 2.05) is 0 Å². The number of ether oxygens (including phenoxy) is 2. The van der Waals surface area contributed by atoms with Crippen LogP contribution in [0.3, 0.4) is 0 Å². The summed E-state index contributed by atoms with van der Waals surface area (Å²) in [6, 6.07) is 11.8. The molecule has 0 saturated heterocycles. The maximum Gasteiger partial charge on any atom is 0.416 e. The van der Waals surface area contributed by atoms with Gasteiger partial charge in [0.05, 0.1) is 25.5 Å². The molecule has 162 valence electrons. The molecule has 31 heavy (non-hydrogen) atoms. The second-order valence-corrected chi connectivity index (χ2v) is 6.40. The fraction of sp³-hybridized carbons (Fsp3) is 0.190. The predicted molar refractivity (Wildman–Crippen MR) is 107 cm³/mol. The number of aromatic nitrogens is 2. The van der Waals surface area contributed by atoms with E-state index >= 15 is 0 Å². The molecular weight excluding hydrogens is 415 g/mol. The third-order valence-corrected chi connectivity index (χ3v) is 4.34. The molecule has 0 spiro atoms. The number of carbonyl (C=O) groups excluding carboxylic acids is 1. The molecule has 1 N–H and O–H groups in total.